The first kappa shape index (κ1) is 22.9. The van der Waals surface area contributed by atoms with Gasteiger partial charge in [0.2, 0.25) is 0 Å². The number of rotatable bonds is 8. The first-order valence-electron chi connectivity index (χ1n) is 9.58. The molecule has 0 spiro atoms. The minimum Gasteiger partial charge on any atom is -0.489 e. The van der Waals surface area contributed by atoms with E-state index in [-0.39, 0.29) is 12.2 Å². The molecule has 0 atom stereocenters. The van der Waals surface area contributed by atoms with Crippen molar-refractivity contribution in [2.75, 3.05) is 11.9 Å². The highest BCUT2D eigenvalue weighted by molar-refractivity contribution is 14.1. The van der Waals surface area contributed by atoms with E-state index in [2.05, 4.69) is 27.9 Å². The Bertz CT molecular complexity index is 1190. The molecule has 0 aromatic heterocycles. The molecule has 0 saturated heterocycles. The molecule has 0 saturated carbocycles. The van der Waals surface area contributed by atoms with Gasteiger partial charge in [0, 0.05) is 5.69 Å². The van der Waals surface area contributed by atoms with Crippen LogP contribution in [0.2, 0.25) is 0 Å². The monoisotopic (exact) mass is 535 g/mol. The van der Waals surface area contributed by atoms with Crippen molar-refractivity contribution in [3.05, 3.63) is 93.1 Å². The standard InChI is InChI=1S/C25H18IN3O3/c26-23-15-19(6-11-24(23)31-13-12-27)14-20(16-28)25(30)29-21-7-9-22(10-8-21)32-17-18-4-2-1-3-5-18/h1-11,14-15H,13,17H2,(H,29,30)/b20-14+. The SMILES string of the molecule is N#CCOc1ccc(/C=C(\C#N)C(=O)Nc2ccc(OCc3ccccc3)cc2)cc1I. The smallest absolute Gasteiger partial charge is 0.266 e. The second kappa shape index (κ2) is 11.5. The Hall–Kier alpha value is -3.82. The number of nitriles is 2. The van der Waals surface area contributed by atoms with Crippen molar-refractivity contribution in [1.82, 2.24) is 0 Å². The molecular formula is C25H18IN3O3. The average Bonchev–Trinajstić information content (AvgIpc) is 2.82. The molecule has 1 N–H and O–H groups in total. The highest BCUT2D eigenvalue weighted by Gasteiger charge is 2.11. The number of hydrogen-bond acceptors (Lipinski definition) is 5. The number of nitrogens with zero attached hydrogens (tertiary/aromatic N) is 2. The van der Waals surface area contributed by atoms with E-state index in [1.165, 1.54) is 6.08 Å². The number of carbonyl (C=O) groups excluding carboxylic acids is 1. The highest BCUT2D eigenvalue weighted by atomic mass is 127. The lowest BCUT2D eigenvalue weighted by atomic mass is 10.1. The van der Waals surface area contributed by atoms with Gasteiger partial charge in [-0.25, -0.2) is 0 Å². The van der Waals surface area contributed by atoms with Gasteiger partial charge in [0.25, 0.3) is 5.91 Å². The molecule has 0 aliphatic heterocycles. The summed E-state index contributed by atoms with van der Waals surface area (Å²) in [5.41, 5.74) is 2.26. The minimum atomic E-state index is -0.509. The molecule has 32 heavy (non-hydrogen) atoms. The van der Waals surface area contributed by atoms with Crippen molar-refractivity contribution in [1.29, 1.82) is 10.5 Å². The molecule has 0 radical (unpaired) electrons. The summed E-state index contributed by atoms with van der Waals surface area (Å²) in [6.07, 6.45) is 1.50. The van der Waals surface area contributed by atoms with Crippen molar-refractivity contribution < 1.29 is 14.3 Å². The first-order chi connectivity index (χ1) is 15.6. The van der Waals surface area contributed by atoms with Gasteiger partial charge in [0.15, 0.2) is 6.61 Å². The number of benzene rings is 3. The van der Waals surface area contributed by atoms with Gasteiger partial charge in [-0.1, -0.05) is 36.4 Å². The second-order valence-electron chi connectivity index (χ2n) is 6.56. The zero-order valence-corrected chi connectivity index (χ0v) is 19.1. The summed E-state index contributed by atoms with van der Waals surface area (Å²) < 4.78 is 11.8. The van der Waals surface area contributed by atoms with E-state index in [1.807, 2.05) is 42.5 Å². The van der Waals surface area contributed by atoms with Crippen LogP contribution in [0.5, 0.6) is 11.5 Å². The fourth-order valence-electron chi connectivity index (χ4n) is 2.72. The number of hydrogen-bond donors (Lipinski definition) is 1. The third kappa shape index (κ3) is 6.59. The van der Waals surface area contributed by atoms with Crippen molar-refractivity contribution in [3.63, 3.8) is 0 Å². The van der Waals surface area contributed by atoms with Gasteiger partial charge >= 0.3 is 0 Å². The summed E-state index contributed by atoms with van der Waals surface area (Å²) in [7, 11) is 0. The molecule has 3 aromatic carbocycles. The van der Waals surface area contributed by atoms with Gasteiger partial charge in [-0.3, -0.25) is 4.79 Å². The molecular weight excluding hydrogens is 517 g/mol. The highest BCUT2D eigenvalue weighted by Crippen LogP contribution is 2.24. The van der Waals surface area contributed by atoms with Crippen LogP contribution < -0.4 is 14.8 Å². The summed E-state index contributed by atoms with van der Waals surface area (Å²) in [6, 6.07) is 25.8. The van der Waals surface area contributed by atoms with Crippen LogP contribution in [0.25, 0.3) is 6.08 Å². The first-order valence-corrected chi connectivity index (χ1v) is 10.7. The number of carbonyl (C=O) groups is 1. The van der Waals surface area contributed by atoms with E-state index < -0.39 is 5.91 Å². The van der Waals surface area contributed by atoms with Gasteiger partial charge in [0.05, 0.1) is 3.57 Å². The summed E-state index contributed by atoms with van der Waals surface area (Å²) in [4.78, 5) is 12.5. The Kier molecular flexibility index (Phi) is 8.24. The third-order valence-corrected chi connectivity index (χ3v) is 5.13. The van der Waals surface area contributed by atoms with Gasteiger partial charge in [0.1, 0.15) is 35.8 Å². The Morgan fingerprint density at radius 2 is 1.75 bits per heavy atom. The predicted octanol–water partition coefficient (Wildman–Crippen LogP) is 5.32. The molecule has 6 nitrogen and oxygen atoms in total. The fourth-order valence-corrected chi connectivity index (χ4v) is 3.42. The predicted molar refractivity (Wildman–Crippen MR) is 130 cm³/mol. The van der Waals surface area contributed by atoms with Crippen LogP contribution in [0.15, 0.2) is 78.4 Å². The number of nitrogens with one attached hydrogen (secondary N) is 1. The number of amides is 1. The quantitative estimate of drug-likeness (QED) is 0.240. The molecule has 0 fully saturated rings. The molecule has 7 heteroatoms. The largest absolute Gasteiger partial charge is 0.489 e. The Morgan fingerprint density at radius 1 is 1.00 bits per heavy atom. The second-order valence-corrected chi connectivity index (χ2v) is 7.72. The molecule has 0 unspecified atom stereocenters. The van der Waals surface area contributed by atoms with E-state index in [4.69, 9.17) is 14.7 Å². The number of anilines is 1. The molecule has 158 valence electrons. The van der Waals surface area contributed by atoms with Crippen LogP contribution in [0.3, 0.4) is 0 Å². The Morgan fingerprint density at radius 3 is 2.41 bits per heavy atom. The van der Waals surface area contributed by atoms with Crippen molar-refractivity contribution in [2.24, 2.45) is 0 Å². The number of halogens is 1. The normalized spacial score (nSPS) is 10.5. The molecule has 0 aliphatic carbocycles. The number of ether oxygens (including phenoxy) is 2. The molecule has 0 aliphatic rings. The van der Waals surface area contributed by atoms with Crippen LogP contribution in [0.4, 0.5) is 5.69 Å². The van der Waals surface area contributed by atoms with Crippen molar-refractivity contribution >= 4 is 40.3 Å². The van der Waals surface area contributed by atoms with Gasteiger partial charge < -0.3 is 14.8 Å². The van der Waals surface area contributed by atoms with Gasteiger partial charge in [-0.05, 0) is 76.2 Å². The lowest BCUT2D eigenvalue weighted by Gasteiger charge is -2.09. The third-order valence-electron chi connectivity index (χ3n) is 4.28. The van der Waals surface area contributed by atoms with E-state index in [0.29, 0.717) is 29.4 Å². The molecule has 1 amide bonds. The van der Waals surface area contributed by atoms with Gasteiger partial charge in [-0.2, -0.15) is 10.5 Å². The summed E-state index contributed by atoms with van der Waals surface area (Å²) >= 11 is 2.07. The van der Waals surface area contributed by atoms with Crippen molar-refractivity contribution in [2.45, 2.75) is 6.61 Å². The summed E-state index contributed by atoms with van der Waals surface area (Å²) in [5.74, 6) is 0.739. The van der Waals surface area contributed by atoms with E-state index >= 15 is 0 Å². The molecule has 3 rings (SSSR count). The lowest BCUT2D eigenvalue weighted by Crippen LogP contribution is -2.13. The van der Waals surface area contributed by atoms with Gasteiger partial charge in [-0.15, -0.1) is 0 Å². The molecule has 0 bridgehead atoms. The summed E-state index contributed by atoms with van der Waals surface area (Å²) in [6.45, 7) is 0.403. The van der Waals surface area contributed by atoms with Crippen LogP contribution in [-0.4, -0.2) is 12.5 Å². The van der Waals surface area contributed by atoms with Crippen LogP contribution >= 0.6 is 22.6 Å². The van der Waals surface area contributed by atoms with Crippen LogP contribution in [-0.2, 0) is 11.4 Å². The fraction of sp³-hybridized carbons (Fsp3) is 0.0800. The maximum Gasteiger partial charge on any atom is 0.266 e. The van der Waals surface area contributed by atoms with E-state index in [1.54, 1.807) is 42.5 Å². The average molecular weight is 535 g/mol. The minimum absolute atomic E-state index is 0.0316. The summed E-state index contributed by atoms with van der Waals surface area (Å²) in [5, 5.41) is 20.8. The van der Waals surface area contributed by atoms with Crippen LogP contribution in [0, 0.1) is 26.2 Å². The maximum absolute atomic E-state index is 12.5. The Balaban J connectivity index is 1.62. The maximum atomic E-state index is 12.5. The zero-order valence-electron chi connectivity index (χ0n) is 16.9. The topological polar surface area (TPSA) is 95.1 Å². The molecule has 3 aromatic rings. The van der Waals surface area contributed by atoms with E-state index in [0.717, 1.165) is 9.13 Å². The van der Waals surface area contributed by atoms with Crippen molar-refractivity contribution in [3.8, 4) is 23.6 Å². The molecule has 0 heterocycles. The zero-order chi connectivity index (χ0) is 22.8. The lowest BCUT2D eigenvalue weighted by molar-refractivity contribution is -0.112. The van der Waals surface area contributed by atoms with E-state index in [9.17, 15) is 10.1 Å². The van der Waals surface area contributed by atoms with Crippen LogP contribution in [0.1, 0.15) is 11.1 Å². The Labute approximate surface area is 199 Å².